The summed E-state index contributed by atoms with van der Waals surface area (Å²) < 4.78 is 0. The molecule has 0 spiro atoms. The van der Waals surface area contributed by atoms with Crippen molar-refractivity contribution in [2.75, 3.05) is 9.80 Å². The lowest BCUT2D eigenvalue weighted by Crippen LogP contribution is -2.18. The van der Waals surface area contributed by atoms with Crippen LogP contribution in [-0.4, -0.2) is 0 Å². The summed E-state index contributed by atoms with van der Waals surface area (Å²) >= 11 is 0. The van der Waals surface area contributed by atoms with Crippen LogP contribution in [0.1, 0.15) is 36.0 Å². The van der Waals surface area contributed by atoms with E-state index in [0.717, 1.165) is 44.2 Å². The molecule has 0 saturated carbocycles. The van der Waals surface area contributed by atoms with Crippen LogP contribution in [0.2, 0.25) is 0 Å². The van der Waals surface area contributed by atoms with E-state index in [0.29, 0.717) is 0 Å². The monoisotopic (exact) mass is 844 g/mol. The first-order chi connectivity index (χ1) is 32.7. The van der Waals surface area contributed by atoms with Crippen LogP contribution in [0.15, 0.2) is 230 Å². The maximum absolute atomic E-state index is 2.56. The summed E-state index contributed by atoms with van der Waals surface area (Å²) in [4.78, 5) is 5.08. The number of anilines is 5. The minimum atomic E-state index is 1.00. The first-order valence-corrected chi connectivity index (χ1v) is 23.7. The Balaban J connectivity index is 1.14. The molecule has 0 amide bonds. The molecule has 1 aliphatic carbocycles. The molecule has 2 heterocycles. The summed E-state index contributed by atoms with van der Waals surface area (Å²) in [5, 5.41) is 7.47. The Hall–Kier alpha value is -7.94. The molecule has 3 aliphatic rings. The van der Waals surface area contributed by atoms with E-state index in [4.69, 9.17) is 0 Å². The van der Waals surface area contributed by atoms with Gasteiger partial charge in [-0.1, -0.05) is 170 Å². The average Bonchev–Trinajstić information content (AvgIpc) is 3.66. The van der Waals surface area contributed by atoms with Crippen LogP contribution >= 0.6 is 0 Å². The topological polar surface area (TPSA) is 6.48 Å². The first-order valence-electron chi connectivity index (χ1n) is 23.7. The molecule has 2 aliphatic heterocycles. The second-order valence-electron chi connectivity index (χ2n) is 18.2. The molecule has 0 atom stereocenters. The quantitative estimate of drug-likeness (QED) is 0.159. The lowest BCUT2D eigenvalue weighted by molar-refractivity contribution is 0.833. The standard InChI is InChI=1S/C64H48N2/c1-2-15-43(16-3-1)44-29-35-50(36-30-44)63-55-39-37-52(66-61-27-12-7-20-48(61)33-34-49-21-8-13-28-62(49)66)42-58(55)64(54-24-14-22-45-17-4-9-23-53(45)54)56-40-38-51(41-57(56)63)65-59-25-10-5-18-46(59)31-32-47-19-6-11-26-60(47)65/h1-7,9-20,22-30,35-42H,8,21,31-34H2. The molecule has 13 rings (SSSR count). The van der Waals surface area contributed by atoms with Gasteiger partial charge in [-0.05, 0) is 175 Å². The van der Waals surface area contributed by atoms with Crippen molar-refractivity contribution in [3.05, 3.63) is 246 Å². The van der Waals surface area contributed by atoms with Crippen molar-refractivity contribution < 1.29 is 0 Å². The van der Waals surface area contributed by atoms with Crippen molar-refractivity contribution in [1.29, 1.82) is 0 Å². The van der Waals surface area contributed by atoms with Gasteiger partial charge in [0.15, 0.2) is 0 Å². The molecule has 2 nitrogen and oxygen atoms in total. The Morgan fingerprint density at radius 3 is 1.58 bits per heavy atom. The molecule has 0 bridgehead atoms. The van der Waals surface area contributed by atoms with Crippen LogP contribution in [0, 0.1) is 0 Å². The Morgan fingerprint density at radius 1 is 0.333 bits per heavy atom. The largest absolute Gasteiger partial charge is 0.310 e. The van der Waals surface area contributed by atoms with Gasteiger partial charge in [-0.2, -0.15) is 0 Å². The first kappa shape index (κ1) is 38.5. The highest BCUT2D eigenvalue weighted by atomic mass is 15.2. The van der Waals surface area contributed by atoms with E-state index in [9.17, 15) is 0 Å². The molecule has 0 aromatic heterocycles. The van der Waals surface area contributed by atoms with Crippen molar-refractivity contribution in [1.82, 2.24) is 0 Å². The summed E-state index contributed by atoms with van der Waals surface area (Å²) in [6.07, 6.45) is 11.1. The van der Waals surface area contributed by atoms with E-state index in [1.165, 1.54) is 111 Å². The second kappa shape index (κ2) is 15.9. The number of aryl methyl sites for hydroxylation is 3. The molecule has 2 heteroatoms. The molecule has 0 radical (unpaired) electrons. The zero-order valence-electron chi connectivity index (χ0n) is 36.9. The van der Waals surface area contributed by atoms with Crippen LogP contribution in [-0.2, 0) is 19.3 Å². The lowest BCUT2D eigenvalue weighted by Gasteiger charge is -2.30. The van der Waals surface area contributed by atoms with E-state index in [1.807, 2.05) is 0 Å². The van der Waals surface area contributed by atoms with Gasteiger partial charge in [0.1, 0.15) is 0 Å². The number of allylic oxidation sites excluding steroid dienone is 3. The normalized spacial score (nSPS) is 14.4. The number of hydrogen-bond donors (Lipinski definition) is 0. The maximum Gasteiger partial charge on any atom is 0.0493 e. The number of benzene rings is 10. The molecule has 314 valence electrons. The maximum atomic E-state index is 2.56. The summed E-state index contributed by atoms with van der Waals surface area (Å²) in [5.41, 5.74) is 20.6. The molecule has 10 aromatic carbocycles. The molecule has 0 saturated heterocycles. The summed E-state index contributed by atoms with van der Waals surface area (Å²) in [6, 6.07) is 77.5. The molecule has 0 unspecified atom stereocenters. The number of rotatable bonds is 5. The minimum absolute atomic E-state index is 1.00. The van der Waals surface area contributed by atoms with Gasteiger partial charge in [0.25, 0.3) is 0 Å². The second-order valence-corrected chi connectivity index (χ2v) is 18.2. The summed E-state index contributed by atoms with van der Waals surface area (Å²) in [5.74, 6) is 0. The van der Waals surface area contributed by atoms with Gasteiger partial charge in [0.2, 0.25) is 0 Å². The third-order valence-electron chi connectivity index (χ3n) is 14.5. The van der Waals surface area contributed by atoms with Crippen LogP contribution in [0.4, 0.5) is 28.4 Å². The van der Waals surface area contributed by atoms with Crippen LogP contribution in [0.5, 0.6) is 0 Å². The highest BCUT2D eigenvalue weighted by Gasteiger charge is 2.28. The molecule has 10 aromatic rings. The van der Waals surface area contributed by atoms with Gasteiger partial charge < -0.3 is 9.80 Å². The highest BCUT2D eigenvalue weighted by Crippen LogP contribution is 2.51. The van der Waals surface area contributed by atoms with E-state index < -0.39 is 0 Å². The number of para-hydroxylation sites is 3. The van der Waals surface area contributed by atoms with Crippen molar-refractivity contribution in [2.45, 2.75) is 38.5 Å². The smallest absolute Gasteiger partial charge is 0.0493 e. The van der Waals surface area contributed by atoms with Crippen LogP contribution in [0.25, 0.3) is 65.7 Å². The van der Waals surface area contributed by atoms with E-state index in [1.54, 1.807) is 5.57 Å². The zero-order chi connectivity index (χ0) is 43.6. The van der Waals surface area contributed by atoms with Crippen molar-refractivity contribution in [2.24, 2.45) is 0 Å². The van der Waals surface area contributed by atoms with Crippen molar-refractivity contribution in [3.8, 4) is 33.4 Å². The molecular weight excluding hydrogens is 797 g/mol. The van der Waals surface area contributed by atoms with Crippen LogP contribution in [0.3, 0.4) is 0 Å². The SMILES string of the molecule is C1=CC2=C(CC1)CCc1ccccc1N2c1ccc2c(-c3ccc(-c4ccccc4)cc3)c3cc(N4c5ccccc5CCc5ccccc54)ccc3c(-c3cccc4ccccc34)c2c1. The highest BCUT2D eigenvalue weighted by molar-refractivity contribution is 6.24. The Bertz CT molecular complexity index is 3540. The molecule has 66 heavy (non-hydrogen) atoms. The lowest BCUT2D eigenvalue weighted by atomic mass is 9.84. The van der Waals surface area contributed by atoms with Crippen LogP contribution < -0.4 is 9.80 Å². The predicted molar refractivity (Wildman–Crippen MR) is 280 cm³/mol. The summed E-state index contributed by atoms with van der Waals surface area (Å²) in [7, 11) is 0. The Labute approximate surface area is 387 Å². The molecule has 0 fully saturated rings. The number of nitrogens with zero attached hydrogens (tertiary/aromatic N) is 2. The van der Waals surface area contributed by atoms with E-state index in [-0.39, 0.29) is 0 Å². The fraction of sp³-hybridized carbons (Fsp3) is 0.0938. The fourth-order valence-corrected chi connectivity index (χ4v) is 11.4. The van der Waals surface area contributed by atoms with Crippen molar-refractivity contribution in [3.63, 3.8) is 0 Å². The van der Waals surface area contributed by atoms with Crippen molar-refractivity contribution >= 4 is 60.8 Å². The summed E-state index contributed by atoms with van der Waals surface area (Å²) in [6.45, 7) is 0. The number of fused-ring (bicyclic) bond motifs is 6. The third kappa shape index (κ3) is 6.39. The predicted octanol–water partition coefficient (Wildman–Crippen LogP) is 17.4. The number of hydrogen-bond acceptors (Lipinski definition) is 2. The Morgan fingerprint density at radius 2 is 0.864 bits per heavy atom. The van der Waals surface area contributed by atoms with E-state index in [2.05, 4.69) is 228 Å². The van der Waals surface area contributed by atoms with E-state index >= 15 is 0 Å². The Kier molecular flexibility index (Phi) is 9.30. The zero-order valence-corrected chi connectivity index (χ0v) is 36.9. The minimum Gasteiger partial charge on any atom is -0.310 e. The molecular formula is C64H48N2. The fourth-order valence-electron chi connectivity index (χ4n) is 11.4. The van der Waals surface area contributed by atoms with Gasteiger partial charge in [0, 0.05) is 34.1 Å². The third-order valence-corrected chi connectivity index (χ3v) is 14.5. The van der Waals surface area contributed by atoms with Gasteiger partial charge in [-0.25, -0.2) is 0 Å². The van der Waals surface area contributed by atoms with Gasteiger partial charge in [-0.15, -0.1) is 0 Å². The van der Waals surface area contributed by atoms with Gasteiger partial charge in [-0.3, -0.25) is 0 Å². The molecule has 0 N–H and O–H groups in total. The average molecular weight is 845 g/mol. The van der Waals surface area contributed by atoms with Gasteiger partial charge >= 0.3 is 0 Å². The van der Waals surface area contributed by atoms with Gasteiger partial charge in [0.05, 0.1) is 0 Å².